The van der Waals surface area contributed by atoms with Gasteiger partial charge in [-0.1, -0.05) is 92.8 Å². The van der Waals surface area contributed by atoms with E-state index in [1.807, 2.05) is 0 Å². The third kappa shape index (κ3) is 4.66. The van der Waals surface area contributed by atoms with Gasteiger partial charge < -0.3 is 5.11 Å². The van der Waals surface area contributed by atoms with Crippen molar-refractivity contribution in [3.8, 4) is 0 Å². The minimum absolute atomic E-state index is 0.0639. The van der Waals surface area contributed by atoms with E-state index in [1.54, 1.807) is 0 Å². The molecule has 1 nitrogen and oxygen atoms in total. The summed E-state index contributed by atoms with van der Waals surface area (Å²) in [5.74, 6) is 0.142. The second-order valence-electron chi connectivity index (χ2n) is 3.25. The van der Waals surface area contributed by atoms with Crippen LogP contribution >= 0.6 is 105 Å². The lowest BCUT2D eigenvalue weighted by Gasteiger charge is -2.19. The Labute approximate surface area is 154 Å². The smallest absolute Gasteiger partial charge is 0.225 e. The molecule has 0 saturated carbocycles. The van der Waals surface area contributed by atoms with Crippen LogP contribution < -0.4 is 0 Å². The molecule has 1 rings (SSSR count). The van der Waals surface area contributed by atoms with Gasteiger partial charge >= 0.3 is 0 Å². The third-order valence-corrected chi connectivity index (χ3v) is 6.45. The monoisotopic (exact) mass is 440 g/mol. The summed E-state index contributed by atoms with van der Waals surface area (Å²) in [5.41, 5.74) is -0.862. The molecule has 0 spiro atoms. The number of hydrogen-bond donors (Lipinski definition) is 1. The van der Waals surface area contributed by atoms with Crippen molar-refractivity contribution in [1.82, 2.24) is 0 Å². The number of aliphatic hydroxyl groups is 1. The van der Waals surface area contributed by atoms with Gasteiger partial charge in [-0.05, 0) is 0 Å². The summed E-state index contributed by atoms with van der Waals surface area (Å²) in [6.45, 7) is 0. The zero-order valence-corrected chi connectivity index (χ0v) is 15.5. The average Bonchev–Trinajstić information content (AvgIpc) is 2.32. The number of benzene rings is 1. The molecule has 1 aromatic rings. The highest BCUT2D eigenvalue weighted by molar-refractivity contribution is 7.99. The summed E-state index contributed by atoms with van der Waals surface area (Å²) in [4.78, 5) is 0. The van der Waals surface area contributed by atoms with E-state index in [9.17, 15) is 5.11 Å². The first-order valence-corrected chi connectivity index (χ1v) is 8.51. The number of halogens is 8. The lowest BCUT2D eigenvalue weighted by molar-refractivity contribution is 0.268. The van der Waals surface area contributed by atoms with Crippen LogP contribution in [-0.2, 0) is 5.75 Å². The molecule has 10 heteroatoms. The Bertz CT molecular complexity index is 457. The molecule has 1 unspecified atom stereocenters. The van der Waals surface area contributed by atoms with Crippen LogP contribution in [0.15, 0.2) is 0 Å². The molecule has 1 aromatic carbocycles. The van der Waals surface area contributed by atoms with E-state index >= 15 is 0 Å². The van der Waals surface area contributed by atoms with Crippen molar-refractivity contribution in [2.24, 2.45) is 0 Å². The van der Waals surface area contributed by atoms with Crippen LogP contribution in [0.3, 0.4) is 0 Å². The van der Waals surface area contributed by atoms with E-state index in [2.05, 4.69) is 0 Å². The van der Waals surface area contributed by atoms with Gasteiger partial charge in [0.25, 0.3) is 0 Å². The van der Waals surface area contributed by atoms with Crippen molar-refractivity contribution in [2.45, 2.75) is 15.0 Å². The van der Waals surface area contributed by atoms with Crippen molar-refractivity contribution < 1.29 is 5.11 Å². The molecule has 0 amide bonds. The molecule has 0 radical (unpaired) electrons. The maximum Gasteiger partial charge on any atom is 0.225 e. The zero-order valence-electron chi connectivity index (χ0n) is 8.66. The highest BCUT2D eigenvalue weighted by atomic mass is 35.6. The summed E-state index contributed by atoms with van der Waals surface area (Å²) in [5, 5.41) is 10.1. The predicted molar refractivity (Wildman–Crippen MR) is 89.1 cm³/mol. The predicted octanol–water partition coefficient (Wildman–Crippen LogP) is 6.88. The molecule has 0 aliphatic heterocycles. The molecule has 1 atom stereocenters. The van der Waals surface area contributed by atoms with Gasteiger partial charge in [-0.15, -0.1) is 11.8 Å². The first-order valence-electron chi connectivity index (χ1n) is 4.44. The van der Waals surface area contributed by atoms with E-state index in [0.717, 1.165) is 11.8 Å². The molecule has 0 bridgehead atoms. The van der Waals surface area contributed by atoms with E-state index in [4.69, 9.17) is 92.8 Å². The SMILES string of the molecule is OC(SCc1c(Cl)c(Cl)c(Cl)c(Cl)c1Cl)C(Cl)(Cl)Cl. The maximum atomic E-state index is 9.61. The minimum atomic E-state index is -1.83. The van der Waals surface area contributed by atoms with E-state index < -0.39 is 9.23 Å². The van der Waals surface area contributed by atoms with Crippen molar-refractivity contribution in [1.29, 1.82) is 0 Å². The molecule has 0 aliphatic rings. The molecule has 0 saturated heterocycles. The Morgan fingerprint density at radius 3 is 1.58 bits per heavy atom. The molecule has 0 aromatic heterocycles. The van der Waals surface area contributed by atoms with Crippen molar-refractivity contribution >= 4 is 105 Å². The van der Waals surface area contributed by atoms with E-state index in [0.29, 0.717) is 5.56 Å². The van der Waals surface area contributed by atoms with Crippen LogP contribution in [0.1, 0.15) is 5.56 Å². The molecule has 108 valence electrons. The van der Waals surface area contributed by atoms with Gasteiger partial charge in [-0.3, -0.25) is 0 Å². The summed E-state index contributed by atoms with van der Waals surface area (Å²) < 4.78 is -1.83. The van der Waals surface area contributed by atoms with Crippen LogP contribution in [0.2, 0.25) is 25.1 Å². The Hall–Kier alpha value is 1.85. The van der Waals surface area contributed by atoms with Crippen LogP contribution in [0.5, 0.6) is 0 Å². The van der Waals surface area contributed by atoms with Gasteiger partial charge in [0.15, 0.2) is 0 Å². The Balaban J connectivity index is 3.03. The molecular weight excluding hydrogens is 440 g/mol. The summed E-state index contributed by atoms with van der Waals surface area (Å²) in [6, 6.07) is 0. The summed E-state index contributed by atoms with van der Waals surface area (Å²) >= 11 is 47.2. The number of alkyl halides is 3. The second kappa shape index (κ2) is 7.41. The normalized spacial score (nSPS) is 13.7. The molecule has 19 heavy (non-hydrogen) atoms. The van der Waals surface area contributed by atoms with Gasteiger partial charge in [-0.25, -0.2) is 0 Å². The number of rotatable bonds is 3. The lowest BCUT2D eigenvalue weighted by Crippen LogP contribution is -2.21. The Kier molecular flexibility index (Phi) is 7.37. The fourth-order valence-electron chi connectivity index (χ4n) is 1.03. The van der Waals surface area contributed by atoms with Gasteiger partial charge in [0.2, 0.25) is 3.79 Å². The fraction of sp³-hybridized carbons (Fsp3) is 0.333. The maximum absolute atomic E-state index is 9.61. The molecule has 0 aliphatic carbocycles. The molecule has 0 fully saturated rings. The molecular formula is C9H4Cl8OS. The van der Waals surface area contributed by atoms with Crippen LogP contribution in [0.4, 0.5) is 0 Å². The van der Waals surface area contributed by atoms with Gasteiger partial charge in [0, 0.05) is 11.3 Å². The van der Waals surface area contributed by atoms with Crippen LogP contribution in [0.25, 0.3) is 0 Å². The Morgan fingerprint density at radius 2 is 1.21 bits per heavy atom. The largest absolute Gasteiger partial charge is 0.378 e. The summed E-state index contributed by atoms with van der Waals surface area (Å²) in [7, 11) is 0. The fourth-order valence-corrected chi connectivity index (χ4v) is 3.87. The average molecular weight is 444 g/mol. The second-order valence-corrected chi connectivity index (χ2v) is 8.58. The first kappa shape index (κ1) is 18.9. The van der Waals surface area contributed by atoms with Gasteiger partial charge in [0.05, 0.1) is 25.1 Å². The standard InChI is InChI=1S/C9H4Cl8OS/c10-3-2(1-19-8(18)9(15,16)17)4(11)6(13)7(14)5(3)12/h8,18H,1H2. The summed E-state index contributed by atoms with van der Waals surface area (Å²) in [6.07, 6.45) is 0. The third-order valence-electron chi connectivity index (χ3n) is 1.97. The van der Waals surface area contributed by atoms with E-state index in [1.165, 1.54) is 0 Å². The molecule has 0 heterocycles. The first-order chi connectivity index (χ1) is 8.57. The van der Waals surface area contributed by atoms with Crippen LogP contribution in [0, 0.1) is 0 Å². The van der Waals surface area contributed by atoms with Gasteiger partial charge in [-0.2, -0.15) is 0 Å². The zero-order chi connectivity index (χ0) is 15.0. The van der Waals surface area contributed by atoms with Crippen molar-refractivity contribution in [3.05, 3.63) is 30.7 Å². The number of thioether (sulfide) groups is 1. The van der Waals surface area contributed by atoms with E-state index in [-0.39, 0.29) is 30.9 Å². The number of hydrogen-bond acceptors (Lipinski definition) is 2. The van der Waals surface area contributed by atoms with Crippen molar-refractivity contribution in [2.75, 3.05) is 0 Å². The van der Waals surface area contributed by atoms with Crippen molar-refractivity contribution in [3.63, 3.8) is 0 Å². The van der Waals surface area contributed by atoms with Crippen LogP contribution in [-0.4, -0.2) is 14.3 Å². The minimum Gasteiger partial charge on any atom is -0.378 e. The van der Waals surface area contributed by atoms with Gasteiger partial charge in [0.1, 0.15) is 5.44 Å². The number of aliphatic hydroxyl groups excluding tert-OH is 1. The topological polar surface area (TPSA) is 20.2 Å². The quantitative estimate of drug-likeness (QED) is 0.238. The highest BCUT2D eigenvalue weighted by Crippen LogP contribution is 2.46. The highest BCUT2D eigenvalue weighted by Gasteiger charge is 2.31. The lowest BCUT2D eigenvalue weighted by atomic mass is 10.2. The Morgan fingerprint density at radius 1 is 0.842 bits per heavy atom. The molecule has 1 N–H and O–H groups in total.